The third-order valence-electron chi connectivity index (χ3n) is 16.8. The van der Waals surface area contributed by atoms with Crippen LogP contribution in [0.1, 0.15) is 150 Å². The van der Waals surface area contributed by atoms with Crippen LogP contribution >= 0.6 is 0 Å². The van der Waals surface area contributed by atoms with Crippen LogP contribution in [0.4, 0.5) is 4.79 Å². The molecule has 3 heterocycles. The van der Waals surface area contributed by atoms with E-state index in [0.717, 1.165) is 72.8 Å². The summed E-state index contributed by atoms with van der Waals surface area (Å²) in [6, 6.07) is 9.37. The summed E-state index contributed by atoms with van der Waals surface area (Å²) in [5.41, 5.74) is -0.678. The minimum atomic E-state index is -2.16. The number of rotatable bonds is 28. The molecule has 1 amide bonds. The molecule has 70 heavy (non-hydrogen) atoms. The van der Waals surface area contributed by atoms with Gasteiger partial charge in [-0.05, 0) is 120 Å². The van der Waals surface area contributed by atoms with E-state index in [4.69, 9.17) is 37.0 Å². The van der Waals surface area contributed by atoms with E-state index >= 15 is 0 Å². The maximum atomic E-state index is 14.3. The van der Waals surface area contributed by atoms with Gasteiger partial charge in [0.25, 0.3) is 0 Å². The number of hydrogen-bond donors (Lipinski definition) is 1. The lowest BCUT2D eigenvalue weighted by molar-refractivity contribution is -0.222. The second kappa shape index (κ2) is 29.4. The van der Waals surface area contributed by atoms with Gasteiger partial charge in [0.2, 0.25) is 0 Å². The number of cyclic esters (lactones) is 1. The topological polar surface area (TPSA) is 127 Å². The van der Waals surface area contributed by atoms with Crippen molar-refractivity contribution < 1.29 is 46.6 Å². The van der Waals surface area contributed by atoms with Gasteiger partial charge in [0.1, 0.15) is 11.7 Å². The van der Waals surface area contributed by atoms with E-state index in [0.29, 0.717) is 45.6 Å². The summed E-state index contributed by atoms with van der Waals surface area (Å²) in [6.07, 6.45) is 10.9. The number of nitrogens with zero attached hydrogens (tertiary/aromatic N) is 1. The minimum absolute atomic E-state index is 0.0768. The molecule has 0 radical (unpaired) electrons. The number of hydrogen-bond acceptors (Lipinski definition) is 11. The molecule has 15 heteroatoms. The van der Waals surface area contributed by atoms with Crippen LogP contribution in [0.25, 0.3) is 0 Å². The van der Waals surface area contributed by atoms with Gasteiger partial charge in [-0.1, -0.05) is 107 Å². The summed E-state index contributed by atoms with van der Waals surface area (Å²) in [7, 11) is -6.01. The van der Waals surface area contributed by atoms with Crippen LogP contribution in [0.5, 0.6) is 0 Å². The van der Waals surface area contributed by atoms with Crippen LogP contribution in [0.3, 0.4) is 0 Å². The zero-order chi connectivity index (χ0) is 52.3. The number of allylic oxidation sites excluding steroid dienone is 2. The van der Waals surface area contributed by atoms with Crippen molar-refractivity contribution in [3.63, 3.8) is 0 Å². The van der Waals surface area contributed by atoms with Crippen molar-refractivity contribution in [2.24, 2.45) is 11.8 Å². The van der Waals surface area contributed by atoms with E-state index in [1.54, 1.807) is 4.90 Å². The number of amides is 1. The smallest absolute Gasteiger partial charge is 0.410 e. The maximum absolute atomic E-state index is 14.3. The SMILES string of the molecule is CCO[C@@H](C)O[C@]1(C)CC[C@@H](O[Si](CC)(CC)CC)CC(=O)O[C@H](/C(C)=C/C=C/[C@@](C)(C[C@H]2O[C@@H]2[C@H](C)[C@H](CC)O[Si](CC)(CC)CC)O[Si](CC)(CC)CC)[C@@H](C)/C=C/[C@@H]1OC(=O)N1CCNCC1. The summed E-state index contributed by atoms with van der Waals surface area (Å²) in [5.74, 6) is -0.291. The van der Waals surface area contributed by atoms with E-state index in [2.05, 4.69) is 114 Å². The van der Waals surface area contributed by atoms with Gasteiger partial charge in [-0.2, -0.15) is 0 Å². The lowest BCUT2D eigenvalue weighted by Crippen LogP contribution is -2.52. The number of ether oxygens (including phenoxy) is 5. The normalized spacial score (nSPS) is 28.3. The summed E-state index contributed by atoms with van der Waals surface area (Å²) in [4.78, 5) is 30.0. The molecule has 2 saturated heterocycles. The largest absolute Gasteiger partial charge is 0.457 e. The first-order valence-corrected chi connectivity index (χ1v) is 35.7. The highest BCUT2D eigenvalue weighted by Crippen LogP contribution is 2.43. The fraction of sp³-hybridized carbons (Fsp3) is 0.855. The number of epoxide rings is 1. The lowest BCUT2D eigenvalue weighted by atomic mass is 9.88. The second-order valence-electron chi connectivity index (χ2n) is 21.3. The molecule has 0 spiro atoms. The molecule has 3 aliphatic rings. The van der Waals surface area contributed by atoms with Crippen molar-refractivity contribution >= 4 is 37.0 Å². The maximum Gasteiger partial charge on any atom is 0.410 e. The molecule has 0 bridgehead atoms. The Bertz CT molecular complexity index is 1620. The third kappa shape index (κ3) is 17.7. The molecular weight excluding hydrogens is 933 g/mol. The van der Waals surface area contributed by atoms with Crippen molar-refractivity contribution in [2.45, 2.75) is 258 Å². The monoisotopic (exact) mass is 1040 g/mol. The number of carbonyl (C=O) groups is 2. The van der Waals surface area contributed by atoms with E-state index in [-0.39, 0.29) is 48.6 Å². The first-order valence-electron chi connectivity index (χ1n) is 28.1. The standard InChI is InChI=1S/C55H104N2O10Si3/c1-18-47(66-69(23-6,24-7)25-8)44(14)52-48(61-52)41-54(16,67-70(26-9,27-10)28-11)34-29-30-42(12)51-43(13)31-32-49(62-53(59)57-38-36-56-37-39-57)55(17,64-45(15)60-19-2)35-33-46(40-50(58)63-51)65-68(20-3,21-4)22-5/h29-32,34,43-49,51-52,56H,18-28,33,35-41H2,1-17H3/b32-31+,34-29+,42-30+/t43-,44+,45+,46+,47-,48+,49-,51+,52+,54-,55+/m0/s1. The molecule has 2 fully saturated rings. The van der Waals surface area contributed by atoms with E-state index < -0.39 is 60.8 Å². The summed E-state index contributed by atoms with van der Waals surface area (Å²) < 4.78 is 53.9. The molecule has 3 aliphatic heterocycles. The molecule has 3 rings (SSSR count). The molecule has 0 saturated carbocycles. The molecule has 1 N–H and O–H groups in total. The predicted octanol–water partition coefficient (Wildman–Crippen LogP) is 13.1. The summed E-state index contributed by atoms with van der Waals surface area (Å²) in [5, 5.41) is 3.33. The lowest BCUT2D eigenvalue weighted by Gasteiger charge is -2.41. The van der Waals surface area contributed by atoms with Gasteiger partial charge in [0.05, 0.1) is 30.3 Å². The van der Waals surface area contributed by atoms with Crippen molar-refractivity contribution in [3.8, 4) is 0 Å². The predicted molar refractivity (Wildman–Crippen MR) is 294 cm³/mol. The molecule has 0 unspecified atom stereocenters. The Hall–Kier alpha value is -1.67. The highest BCUT2D eigenvalue weighted by Gasteiger charge is 2.51. The van der Waals surface area contributed by atoms with Crippen molar-refractivity contribution in [3.05, 3.63) is 36.0 Å². The van der Waals surface area contributed by atoms with Crippen molar-refractivity contribution in [2.75, 3.05) is 32.8 Å². The fourth-order valence-electron chi connectivity index (χ4n) is 11.1. The quantitative estimate of drug-likeness (QED) is 0.0201. The van der Waals surface area contributed by atoms with Gasteiger partial charge in [-0.3, -0.25) is 4.79 Å². The van der Waals surface area contributed by atoms with Crippen LogP contribution in [0, 0.1) is 11.8 Å². The van der Waals surface area contributed by atoms with Crippen LogP contribution in [0.2, 0.25) is 54.4 Å². The van der Waals surface area contributed by atoms with Crippen LogP contribution in [-0.2, 0) is 41.8 Å². The Morgan fingerprint density at radius 1 is 0.900 bits per heavy atom. The van der Waals surface area contributed by atoms with Crippen LogP contribution in [0.15, 0.2) is 36.0 Å². The molecule has 0 aromatic heterocycles. The fourth-order valence-corrected chi connectivity index (χ4v) is 20.1. The molecule has 0 aromatic carbocycles. The molecule has 12 nitrogen and oxygen atoms in total. The molecule has 406 valence electrons. The number of piperazine rings is 1. The highest BCUT2D eigenvalue weighted by atomic mass is 28.4. The van der Waals surface area contributed by atoms with Gasteiger partial charge in [-0.15, -0.1) is 0 Å². The zero-order valence-corrected chi connectivity index (χ0v) is 50.5. The zero-order valence-electron chi connectivity index (χ0n) is 47.5. The number of esters is 1. The summed E-state index contributed by atoms with van der Waals surface area (Å²) in [6.45, 7) is 40.1. The first-order chi connectivity index (χ1) is 33.2. The Labute approximate surface area is 430 Å². The van der Waals surface area contributed by atoms with Gasteiger partial charge in [0, 0.05) is 57.1 Å². The summed E-state index contributed by atoms with van der Waals surface area (Å²) >= 11 is 0. The molecular formula is C55H104N2O10Si3. The van der Waals surface area contributed by atoms with Crippen molar-refractivity contribution in [1.29, 1.82) is 0 Å². The number of nitrogens with one attached hydrogen (secondary N) is 1. The van der Waals surface area contributed by atoms with Crippen molar-refractivity contribution in [1.82, 2.24) is 10.2 Å². The molecule has 0 aliphatic carbocycles. The Morgan fingerprint density at radius 3 is 2.03 bits per heavy atom. The Morgan fingerprint density at radius 2 is 1.49 bits per heavy atom. The Balaban J connectivity index is 2.09. The van der Waals surface area contributed by atoms with E-state index in [1.807, 2.05) is 39.8 Å². The van der Waals surface area contributed by atoms with Crippen LogP contribution in [-0.4, -0.2) is 129 Å². The average Bonchev–Trinajstić information content (AvgIpc) is 4.13. The highest BCUT2D eigenvalue weighted by molar-refractivity contribution is 6.74. The number of carbonyl (C=O) groups excluding carboxylic acids is 2. The van der Waals surface area contributed by atoms with Crippen LogP contribution < -0.4 is 5.32 Å². The average molecular weight is 1040 g/mol. The second-order valence-corrected chi connectivity index (χ2v) is 35.5. The minimum Gasteiger partial charge on any atom is -0.457 e. The molecule has 0 aromatic rings. The molecule has 11 atom stereocenters. The Kier molecular flexibility index (Phi) is 26.3. The van der Waals surface area contributed by atoms with Gasteiger partial charge < -0.3 is 47.2 Å². The van der Waals surface area contributed by atoms with Gasteiger partial charge in [0.15, 0.2) is 37.3 Å². The van der Waals surface area contributed by atoms with Gasteiger partial charge >= 0.3 is 12.1 Å². The van der Waals surface area contributed by atoms with E-state index in [9.17, 15) is 9.59 Å². The van der Waals surface area contributed by atoms with Gasteiger partial charge in [-0.25, -0.2) is 4.79 Å². The first kappa shape index (κ1) is 62.6. The third-order valence-corrected chi connectivity index (χ3v) is 30.9. The van der Waals surface area contributed by atoms with E-state index in [1.165, 1.54) is 0 Å².